The van der Waals surface area contributed by atoms with E-state index in [1.54, 1.807) is 24.0 Å². The highest BCUT2D eigenvalue weighted by molar-refractivity contribution is 5.81. The minimum Gasteiger partial charge on any atom is -0.376 e. The Morgan fingerprint density at radius 2 is 2.40 bits per heavy atom. The van der Waals surface area contributed by atoms with E-state index in [4.69, 9.17) is 10.5 Å². The number of amides is 1. The minimum absolute atomic E-state index is 0.0614. The molecule has 1 fully saturated rings. The Balaban J connectivity index is 2.07. The average molecular weight is 280 g/mol. The predicted molar refractivity (Wildman–Crippen MR) is 74.4 cm³/mol. The van der Waals surface area contributed by atoms with Crippen molar-refractivity contribution in [2.75, 3.05) is 13.2 Å². The summed E-state index contributed by atoms with van der Waals surface area (Å²) in [5.41, 5.74) is 6.45. The Morgan fingerprint density at radius 1 is 1.60 bits per heavy atom. The van der Waals surface area contributed by atoms with E-state index in [1.165, 1.54) is 12.1 Å². The maximum atomic E-state index is 13.2. The van der Waals surface area contributed by atoms with Gasteiger partial charge in [-0.3, -0.25) is 4.79 Å². The quantitative estimate of drug-likeness (QED) is 0.893. The van der Waals surface area contributed by atoms with Gasteiger partial charge in [0.2, 0.25) is 5.91 Å². The zero-order valence-corrected chi connectivity index (χ0v) is 11.7. The summed E-state index contributed by atoms with van der Waals surface area (Å²) in [6.07, 6.45) is 2.03. The number of ether oxygens (including phenoxy) is 1. The molecular weight excluding hydrogens is 259 g/mol. The third-order valence-electron chi connectivity index (χ3n) is 3.41. The molecule has 0 aromatic heterocycles. The fourth-order valence-electron chi connectivity index (χ4n) is 2.41. The lowest BCUT2D eigenvalue weighted by atomic mass is 10.1. The van der Waals surface area contributed by atoms with Crippen LogP contribution in [0.25, 0.3) is 0 Å². The van der Waals surface area contributed by atoms with Gasteiger partial charge in [0.05, 0.1) is 12.1 Å². The molecule has 0 aliphatic carbocycles. The number of carbonyl (C=O) groups excluding carboxylic acids is 1. The summed E-state index contributed by atoms with van der Waals surface area (Å²) in [4.78, 5) is 13.8. The zero-order chi connectivity index (χ0) is 14.5. The van der Waals surface area contributed by atoms with Crippen LogP contribution in [-0.4, -0.2) is 36.1 Å². The monoisotopic (exact) mass is 280 g/mol. The number of nitrogens with two attached hydrogens (primary N) is 1. The third-order valence-corrected chi connectivity index (χ3v) is 3.41. The summed E-state index contributed by atoms with van der Waals surface area (Å²) in [6, 6.07) is 5.72. The predicted octanol–water partition coefficient (Wildman–Crippen LogP) is 1.68. The summed E-state index contributed by atoms with van der Waals surface area (Å²) in [5.74, 6) is -0.433. The van der Waals surface area contributed by atoms with Crippen molar-refractivity contribution in [3.63, 3.8) is 0 Å². The molecule has 1 aromatic rings. The van der Waals surface area contributed by atoms with E-state index >= 15 is 0 Å². The van der Waals surface area contributed by atoms with Gasteiger partial charge in [-0.15, -0.1) is 0 Å². The van der Waals surface area contributed by atoms with Crippen LogP contribution >= 0.6 is 0 Å². The number of benzene rings is 1. The minimum atomic E-state index is -0.565. The molecule has 1 saturated heterocycles. The lowest BCUT2D eigenvalue weighted by Gasteiger charge is -2.27. The van der Waals surface area contributed by atoms with Gasteiger partial charge in [-0.2, -0.15) is 0 Å². The van der Waals surface area contributed by atoms with Crippen LogP contribution in [-0.2, 0) is 16.1 Å². The Morgan fingerprint density at radius 3 is 3.00 bits per heavy atom. The van der Waals surface area contributed by atoms with Crippen LogP contribution in [0.15, 0.2) is 24.3 Å². The van der Waals surface area contributed by atoms with Crippen molar-refractivity contribution in [3.8, 4) is 0 Å². The van der Waals surface area contributed by atoms with Crippen molar-refractivity contribution in [1.82, 2.24) is 4.90 Å². The van der Waals surface area contributed by atoms with Crippen LogP contribution in [0.2, 0.25) is 0 Å². The zero-order valence-electron chi connectivity index (χ0n) is 11.7. The Labute approximate surface area is 118 Å². The molecule has 0 radical (unpaired) electrons. The first kappa shape index (κ1) is 14.9. The second-order valence-electron chi connectivity index (χ2n) is 5.27. The van der Waals surface area contributed by atoms with Crippen molar-refractivity contribution in [2.45, 2.75) is 38.5 Å². The SMILES string of the molecule is C[C@@H](N)C(=O)N(Cc1cccc(F)c1)CC1CCCO1. The van der Waals surface area contributed by atoms with Gasteiger partial charge in [-0.25, -0.2) is 4.39 Å². The lowest BCUT2D eigenvalue weighted by molar-refractivity contribution is -0.134. The highest BCUT2D eigenvalue weighted by Gasteiger charge is 2.24. The normalized spacial score (nSPS) is 19.9. The topological polar surface area (TPSA) is 55.6 Å². The first-order valence-corrected chi connectivity index (χ1v) is 6.96. The first-order valence-electron chi connectivity index (χ1n) is 6.96. The standard InChI is InChI=1S/C15H21FN2O2/c1-11(17)15(19)18(10-14-6-3-7-20-14)9-12-4-2-5-13(16)8-12/h2,4-5,8,11,14H,3,6-7,9-10,17H2,1H3/t11-,14?/m1/s1. The number of nitrogens with zero attached hydrogens (tertiary/aromatic N) is 1. The van der Waals surface area contributed by atoms with Crippen molar-refractivity contribution in [1.29, 1.82) is 0 Å². The number of hydrogen-bond acceptors (Lipinski definition) is 3. The van der Waals surface area contributed by atoms with Crippen LogP contribution in [0.4, 0.5) is 4.39 Å². The van der Waals surface area contributed by atoms with E-state index in [1.807, 2.05) is 0 Å². The third kappa shape index (κ3) is 4.02. The lowest BCUT2D eigenvalue weighted by Crippen LogP contribution is -2.44. The fraction of sp³-hybridized carbons (Fsp3) is 0.533. The number of rotatable bonds is 5. The molecule has 0 saturated carbocycles. The Hall–Kier alpha value is -1.46. The van der Waals surface area contributed by atoms with E-state index in [-0.39, 0.29) is 17.8 Å². The molecule has 20 heavy (non-hydrogen) atoms. The molecule has 1 aliphatic heterocycles. The molecule has 110 valence electrons. The van der Waals surface area contributed by atoms with Crippen LogP contribution in [0.3, 0.4) is 0 Å². The number of carbonyl (C=O) groups is 1. The van der Waals surface area contributed by atoms with Gasteiger partial charge in [0.1, 0.15) is 5.82 Å². The molecule has 1 heterocycles. The number of hydrogen-bond donors (Lipinski definition) is 1. The molecule has 4 nitrogen and oxygen atoms in total. The van der Waals surface area contributed by atoms with Crippen LogP contribution in [0, 0.1) is 5.82 Å². The molecule has 1 amide bonds. The molecular formula is C15H21FN2O2. The molecule has 2 atom stereocenters. The van der Waals surface area contributed by atoms with Crippen molar-refractivity contribution in [2.24, 2.45) is 5.73 Å². The highest BCUT2D eigenvalue weighted by Crippen LogP contribution is 2.16. The molecule has 1 aromatic carbocycles. The van der Waals surface area contributed by atoms with Crippen molar-refractivity contribution < 1.29 is 13.9 Å². The van der Waals surface area contributed by atoms with Gasteiger partial charge in [0.15, 0.2) is 0 Å². The van der Waals surface area contributed by atoms with Gasteiger partial charge in [-0.1, -0.05) is 12.1 Å². The van der Waals surface area contributed by atoms with Gasteiger partial charge in [0, 0.05) is 19.7 Å². The van der Waals surface area contributed by atoms with Crippen molar-refractivity contribution in [3.05, 3.63) is 35.6 Å². The second kappa shape index (κ2) is 6.81. The van der Waals surface area contributed by atoms with Crippen LogP contribution in [0.5, 0.6) is 0 Å². The molecule has 2 N–H and O–H groups in total. The maximum absolute atomic E-state index is 13.2. The summed E-state index contributed by atoms with van der Waals surface area (Å²) in [6.45, 7) is 3.27. The van der Waals surface area contributed by atoms with E-state index < -0.39 is 6.04 Å². The molecule has 5 heteroatoms. The van der Waals surface area contributed by atoms with Crippen LogP contribution < -0.4 is 5.73 Å². The molecule has 2 rings (SSSR count). The summed E-state index contributed by atoms with van der Waals surface area (Å²) >= 11 is 0. The molecule has 1 unspecified atom stereocenters. The average Bonchev–Trinajstić information content (AvgIpc) is 2.90. The summed E-state index contributed by atoms with van der Waals surface area (Å²) in [5, 5.41) is 0. The van der Waals surface area contributed by atoms with Crippen molar-refractivity contribution >= 4 is 5.91 Å². The van der Waals surface area contributed by atoms with Gasteiger partial charge in [-0.05, 0) is 37.5 Å². The highest BCUT2D eigenvalue weighted by atomic mass is 19.1. The van der Waals surface area contributed by atoms with Gasteiger partial charge in [0.25, 0.3) is 0 Å². The fourth-order valence-corrected chi connectivity index (χ4v) is 2.41. The molecule has 0 spiro atoms. The van der Waals surface area contributed by atoms with E-state index in [2.05, 4.69) is 0 Å². The Kier molecular flexibility index (Phi) is 5.09. The largest absolute Gasteiger partial charge is 0.376 e. The maximum Gasteiger partial charge on any atom is 0.239 e. The number of halogens is 1. The second-order valence-corrected chi connectivity index (χ2v) is 5.27. The Bertz CT molecular complexity index is 459. The smallest absolute Gasteiger partial charge is 0.239 e. The summed E-state index contributed by atoms with van der Waals surface area (Å²) in [7, 11) is 0. The van der Waals surface area contributed by atoms with Gasteiger partial charge >= 0.3 is 0 Å². The molecule has 1 aliphatic rings. The van der Waals surface area contributed by atoms with Crippen LogP contribution in [0.1, 0.15) is 25.3 Å². The first-order chi connectivity index (χ1) is 9.56. The molecule has 0 bridgehead atoms. The van der Waals surface area contributed by atoms with Gasteiger partial charge < -0.3 is 15.4 Å². The van der Waals surface area contributed by atoms with E-state index in [9.17, 15) is 9.18 Å². The van der Waals surface area contributed by atoms with E-state index in [0.717, 1.165) is 25.0 Å². The van der Waals surface area contributed by atoms with E-state index in [0.29, 0.717) is 13.1 Å². The summed E-state index contributed by atoms with van der Waals surface area (Å²) < 4.78 is 18.8.